The Kier molecular flexibility index (Phi) is 3.59. The zero-order chi connectivity index (χ0) is 12.6. The van der Waals surface area contributed by atoms with E-state index < -0.39 is 0 Å². The Balaban J connectivity index is 2.64. The van der Waals surface area contributed by atoms with Crippen LogP contribution in [-0.4, -0.2) is 0 Å². The summed E-state index contributed by atoms with van der Waals surface area (Å²) in [5.41, 5.74) is 11.6. The molecule has 0 fully saturated rings. The first kappa shape index (κ1) is 12.7. The maximum Gasteiger partial charge on any atom is 0.0603 e. The van der Waals surface area contributed by atoms with Crippen molar-refractivity contribution >= 4 is 37.5 Å². The molecule has 0 amide bonds. The molecule has 0 aliphatic heterocycles. The van der Waals surface area contributed by atoms with Crippen LogP contribution >= 0.6 is 31.9 Å². The highest BCUT2D eigenvalue weighted by atomic mass is 79.9. The van der Waals surface area contributed by atoms with E-state index in [1.165, 1.54) is 22.3 Å². The van der Waals surface area contributed by atoms with Crippen LogP contribution in [0.1, 0.15) is 11.1 Å². The van der Waals surface area contributed by atoms with E-state index in [1.54, 1.807) is 0 Å². The smallest absolute Gasteiger partial charge is 0.0603 e. The molecule has 1 nitrogen and oxygen atoms in total. The molecule has 0 aliphatic carbocycles. The van der Waals surface area contributed by atoms with Gasteiger partial charge in [0.1, 0.15) is 0 Å². The third-order valence-electron chi connectivity index (χ3n) is 2.78. The minimum atomic E-state index is 0.735. The van der Waals surface area contributed by atoms with Gasteiger partial charge in [0.2, 0.25) is 0 Å². The summed E-state index contributed by atoms with van der Waals surface area (Å²) in [6.45, 7) is 4.22. The summed E-state index contributed by atoms with van der Waals surface area (Å²) in [6, 6.07) is 10.6. The summed E-state index contributed by atoms with van der Waals surface area (Å²) < 4.78 is 1.84. The molecule has 0 aliphatic rings. The summed E-state index contributed by atoms with van der Waals surface area (Å²) in [5, 5.41) is 0. The SMILES string of the molecule is Cc1ccc(C)c(-c2cc(Br)c(N)c(Br)c2)c1. The summed E-state index contributed by atoms with van der Waals surface area (Å²) in [7, 11) is 0. The van der Waals surface area contributed by atoms with Crippen LogP contribution < -0.4 is 5.73 Å². The van der Waals surface area contributed by atoms with E-state index in [2.05, 4.69) is 76.0 Å². The number of aryl methyl sites for hydroxylation is 2. The lowest BCUT2D eigenvalue weighted by atomic mass is 9.98. The molecule has 2 aromatic carbocycles. The molecule has 17 heavy (non-hydrogen) atoms. The number of hydrogen-bond donors (Lipinski definition) is 1. The lowest BCUT2D eigenvalue weighted by Gasteiger charge is -2.10. The second kappa shape index (κ2) is 4.83. The molecule has 0 spiro atoms. The van der Waals surface area contributed by atoms with Crippen molar-refractivity contribution in [3.8, 4) is 11.1 Å². The van der Waals surface area contributed by atoms with Gasteiger partial charge in [0.25, 0.3) is 0 Å². The monoisotopic (exact) mass is 353 g/mol. The fourth-order valence-corrected chi connectivity index (χ4v) is 2.97. The number of benzene rings is 2. The van der Waals surface area contributed by atoms with E-state index >= 15 is 0 Å². The Labute approximate surface area is 118 Å². The molecule has 0 aromatic heterocycles. The average Bonchev–Trinajstić information content (AvgIpc) is 2.28. The number of halogens is 2. The van der Waals surface area contributed by atoms with Crippen molar-refractivity contribution in [3.05, 3.63) is 50.4 Å². The first-order valence-electron chi connectivity index (χ1n) is 5.31. The molecule has 0 radical (unpaired) electrons. The van der Waals surface area contributed by atoms with E-state index in [0.717, 1.165) is 14.6 Å². The Morgan fingerprint density at radius 2 is 1.53 bits per heavy atom. The van der Waals surface area contributed by atoms with E-state index in [9.17, 15) is 0 Å². The van der Waals surface area contributed by atoms with E-state index in [1.807, 2.05) is 0 Å². The van der Waals surface area contributed by atoms with E-state index in [0.29, 0.717) is 0 Å². The minimum absolute atomic E-state index is 0.735. The van der Waals surface area contributed by atoms with Crippen LogP contribution in [0.5, 0.6) is 0 Å². The minimum Gasteiger partial charge on any atom is -0.397 e. The normalized spacial score (nSPS) is 10.6. The van der Waals surface area contributed by atoms with E-state index in [-0.39, 0.29) is 0 Å². The summed E-state index contributed by atoms with van der Waals surface area (Å²) in [5.74, 6) is 0. The van der Waals surface area contributed by atoms with Crippen molar-refractivity contribution in [2.75, 3.05) is 5.73 Å². The maximum atomic E-state index is 5.90. The van der Waals surface area contributed by atoms with Gasteiger partial charge in [-0.3, -0.25) is 0 Å². The zero-order valence-electron chi connectivity index (χ0n) is 9.72. The van der Waals surface area contributed by atoms with Crippen molar-refractivity contribution in [1.82, 2.24) is 0 Å². The van der Waals surface area contributed by atoms with Gasteiger partial charge in [-0.25, -0.2) is 0 Å². The zero-order valence-corrected chi connectivity index (χ0v) is 12.9. The van der Waals surface area contributed by atoms with Crippen LogP contribution in [0.15, 0.2) is 39.3 Å². The Hall–Kier alpha value is -0.800. The second-order valence-corrected chi connectivity index (χ2v) is 5.88. The van der Waals surface area contributed by atoms with Crippen molar-refractivity contribution in [1.29, 1.82) is 0 Å². The third kappa shape index (κ3) is 2.55. The molecule has 88 valence electrons. The molecule has 0 atom stereocenters. The first-order chi connectivity index (χ1) is 7.99. The molecule has 0 saturated heterocycles. The molecule has 2 rings (SSSR count). The summed E-state index contributed by atoms with van der Waals surface area (Å²) in [6.07, 6.45) is 0. The van der Waals surface area contributed by atoms with Gasteiger partial charge in [-0.2, -0.15) is 0 Å². The Bertz CT molecular complexity index is 553. The van der Waals surface area contributed by atoms with Crippen LogP contribution in [-0.2, 0) is 0 Å². The van der Waals surface area contributed by atoms with Crippen LogP contribution in [0.25, 0.3) is 11.1 Å². The van der Waals surface area contributed by atoms with Crippen molar-refractivity contribution in [2.24, 2.45) is 0 Å². The first-order valence-corrected chi connectivity index (χ1v) is 6.90. The highest BCUT2D eigenvalue weighted by molar-refractivity contribution is 9.11. The lowest BCUT2D eigenvalue weighted by molar-refractivity contribution is 1.39. The van der Waals surface area contributed by atoms with Gasteiger partial charge < -0.3 is 5.73 Å². The van der Waals surface area contributed by atoms with Gasteiger partial charge in [-0.05, 0) is 74.5 Å². The van der Waals surface area contributed by atoms with Crippen LogP contribution in [0.4, 0.5) is 5.69 Å². The maximum absolute atomic E-state index is 5.90. The van der Waals surface area contributed by atoms with Crippen molar-refractivity contribution in [3.63, 3.8) is 0 Å². The quantitative estimate of drug-likeness (QED) is 0.710. The van der Waals surface area contributed by atoms with Crippen LogP contribution in [0.3, 0.4) is 0 Å². The number of anilines is 1. The number of hydrogen-bond acceptors (Lipinski definition) is 1. The highest BCUT2D eigenvalue weighted by Crippen LogP contribution is 2.35. The van der Waals surface area contributed by atoms with Crippen molar-refractivity contribution in [2.45, 2.75) is 13.8 Å². The predicted molar refractivity (Wildman–Crippen MR) is 81.2 cm³/mol. The standard InChI is InChI=1S/C14H13Br2N/c1-8-3-4-9(2)11(5-8)10-6-12(15)14(17)13(16)7-10/h3-7H,17H2,1-2H3. The fraction of sp³-hybridized carbons (Fsp3) is 0.143. The fourth-order valence-electron chi connectivity index (χ4n) is 1.79. The summed E-state index contributed by atoms with van der Waals surface area (Å²) >= 11 is 6.96. The van der Waals surface area contributed by atoms with Crippen molar-refractivity contribution < 1.29 is 0 Å². The molecular formula is C14H13Br2N. The van der Waals surface area contributed by atoms with Gasteiger partial charge in [-0.1, -0.05) is 23.8 Å². The molecule has 2 N–H and O–H groups in total. The van der Waals surface area contributed by atoms with Gasteiger partial charge in [0.15, 0.2) is 0 Å². The number of nitrogen functional groups attached to an aromatic ring is 1. The lowest BCUT2D eigenvalue weighted by Crippen LogP contribution is -1.91. The third-order valence-corrected chi connectivity index (χ3v) is 4.10. The molecular weight excluding hydrogens is 342 g/mol. The van der Waals surface area contributed by atoms with Crippen LogP contribution in [0, 0.1) is 13.8 Å². The van der Waals surface area contributed by atoms with E-state index in [4.69, 9.17) is 5.73 Å². The number of nitrogens with two attached hydrogens (primary N) is 1. The largest absolute Gasteiger partial charge is 0.397 e. The highest BCUT2D eigenvalue weighted by Gasteiger charge is 2.08. The molecule has 0 saturated carbocycles. The topological polar surface area (TPSA) is 26.0 Å². The Morgan fingerprint density at radius 3 is 2.12 bits per heavy atom. The Morgan fingerprint density at radius 1 is 0.941 bits per heavy atom. The van der Waals surface area contributed by atoms with Gasteiger partial charge in [0.05, 0.1) is 5.69 Å². The number of rotatable bonds is 1. The molecule has 2 aromatic rings. The molecule has 0 bridgehead atoms. The molecule has 0 heterocycles. The van der Waals surface area contributed by atoms with Gasteiger partial charge in [-0.15, -0.1) is 0 Å². The second-order valence-electron chi connectivity index (χ2n) is 4.17. The van der Waals surface area contributed by atoms with Crippen LogP contribution in [0.2, 0.25) is 0 Å². The molecule has 3 heteroatoms. The molecule has 0 unspecified atom stereocenters. The van der Waals surface area contributed by atoms with Gasteiger partial charge in [0, 0.05) is 8.95 Å². The average molecular weight is 355 g/mol. The summed E-state index contributed by atoms with van der Waals surface area (Å²) in [4.78, 5) is 0. The van der Waals surface area contributed by atoms with Gasteiger partial charge >= 0.3 is 0 Å². The predicted octanol–water partition coefficient (Wildman–Crippen LogP) is 5.08.